The van der Waals surface area contributed by atoms with Gasteiger partial charge >= 0.3 is 0 Å². The summed E-state index contributed by atoms with van der Waals surface area (Å²) in [6, 6.07) is 9.17. The number of rotatable bonds is 2. The van der Waals surface area contributed by atoms with Gasteiger partial charge in [-0.2, -0.15) is 0 Å². The third-order valence-electron chi connectivity index (χ3n) is 1.36. The average Bonchev–Trinajstić information content (AvgIpc) is 2.07. The van der Waals surface area contributed by atoms with Gasteiger partial charge in [0.05, 0.1) is 0 Å². The van der Waals surface area contributed by atoms with E-state index in [0.717, 1.165) is 5.56 Å². The van der Waals surface area contributed by atoms with Crippen LogP contribution in [-0.4, -0.2) is 14.9 Å². The zero-order valence-electron chi connectivity index (χ0n) is 6.08. The monoisotopic (exact) mass is 160 g/mol. The number of benzene rings is 1. The molecule has 1 nitrogen and oxygen atoms in total. The quantitative estimate of drug-likeness (QED) is 0.457. The third-order valence-corrected chi connectivity index (χ3v) is 2.29. The van der Waals surface area contributed by atoms with Gasteiger partial charge in [-0.3, -0.25) is 4.79 Å². The largest absolute Gasteiger partial charge is 0.300 e. The van der Waals surface area contributed by atoms with Crippen molar-refractivity contribution in [3.05, 3.63) is 35.9 Å². The molecule has 0 fully saturated rings. The van der Waals surface area contributed by atoms with Crippen molar-refractivity contribution in [2.24, 2.45) is 0 Å². The number of carbonyl (C=O) groups is 1. The molecular formula is C9H8OSi. The van der Waals surface area contributed by atoms with Gasteiger partial charge < -0.3 is 0 Å². The molecule has 0 aliphatic carbocycles. The third kappa shape index (κ3) is 2.06. The molecule has 0 spiro atoms. The minimum absolute atomic E-state index is 0.146. The van der Waals surface area contributed by atoms with E-state index in [-0.39, 0.29) is 5.41 Å². The maximum Gasteiger partial charge on any atom is 0.189 e. The Kier molecular flexibility index (Phi) is 2.64. The summed E-state index contributed by atoms with van der Waals surface area (Å²) in [5, 5.41) is 0.146. The topological polar surface area (TPSA) is 17.1 Å². The maximum atomic E-state index is 11.2. The smallest absolute Gasteiger partial charge is 0.189 e. The molecule has 0 unspecified atom stereocenters. The van der Waals surface area contributed by atoms with Gasteiger partial charge in [-0.15, -0.1) is 12.0 Å². The molecule has 1 rings (SSSR count). The summed E-state index contributed by atoms with van der Waals surface area (Å²) in [6.45, 7) is 0. The van der Waals surface area contributed by atoms with E-state index in [1.807, 2.05) is 18.2 Å². The van der Waals surface area contributed by atoms with E-state index in [4.69, 9.17) is 6.42 Å². The van der Waals surface area contributed by atoms with E-state index < -0.39 is 9.52 Å². The summed E-state index contributed by atoms with van der Waals surface area (Å²) < 4.78 is 0. The van der Waals surface area contributed by atoms with Crippen LogP contribution in [0.4, 0.5) is 0 Å². The molecule has 0 heterocycles. The minimum atomic E-state index is -0.963. The second-order valence-electron chi connectivity index (χ2n) is 2.17. The molecule has 0 aliphatic rings. The predicted octanol–water partition coefficient (Wildman–Crippen LogP) is 0.586. The van der Waals surface area contributed by atoms with Gasteiger partial charge in [0.15, 0.2) is 9.52 Å². The van der Waals surface area contributed by atoms with Gasteiger partial charge in [-0.05, 0) is 0 Å². The van der Waals surface area contributed by atoms with Crippen LogP contribution in [0.2, 0.25) is 0 Å². The van der Waals surface area contributed by atoms with Gasteiger partial charge in [-0.25, -0.2) is 0 Å². The molecule has 11 heavy (non-hydrogen) atoms. The van der Waals surface area contributed by atoms with Crippen LogP contribution in [0.3, 0.4) is 0 Å². The lowest BCUT2D eigenvalue weighted by atomic mass is 10.2. The highest BCUT2D eigenvalue weighted by Crippen LogP contribution is 1.97. The highest BCUT2D eigenvalue weighted by atomic mass is 28.2. The second kappa shape index (κ2) is 3.74. The van der Waals surface area contributed by atoms with Crippen LogP contribution in [0.25, 0.3) is 0 Å². The van der Waals surface area contributed by atoms with Crippen LogP contribution in [0.5, 0.6) is 0 Å². The average molecular weight is 160 g/mol. The highest BCUT2D eigenvalue weighted by Gasteiger charge is 2.01. The normalized spacial score (nSPS) is 9.73. The molecule has 2 heteroatoms. The lowest BCUT2D eigenvalue weighted by molar-refractivity contribution is 0.107. The number of hydrogen-bond donors (Lipinski definition) is 0. The van der Waals surface area contributed by atoms with Crippen LogP contribution in [0.1, 0.15) is 10.4 Å². The van der Waals surface area contributed by atoms with E-state index in [0.29, 0.717) is 0 Å². The fourth-order valence-corrected chi connectivity index (χ4v) is 1.44. The number of carbonyl (C=O) groups excluding carboxylic acids is 1. The van der Waals surface area contributed by atoms with E-state index in [1.165, 1.54) is 0 Å². The maximum absolute atomic E-state index is 11.2. The Morgan fingerprint density at radius 1 is 1.36 bits per heavy atom. The molecule has 0 atom stereocenters. The van der Waals surface area contributed by atoms with E-state index in [1.54, 1.807) is 12.1 Å². The van der Waals surface area contributed by atoms with Crippen LogP contribution in [0.15, 0.2) is 30.3 Å². The van der Waals surface area contributed by atoms with Gasteiger partial charge in [0.25, 0.3) is 0 Å². The van der Waals surface area contributed by atoms with Gasteiger partial charge in [-0.1, -0.05) is 30.3 Å². The summed E-state index contributed by atoms with van der Waals surface area (Å²) in [7, 11) is -0.963. The van der Waals surface area contributed by atoms with Crippen molar-refractivity contribution in [3.63, 3.8) is 0 Å². The zero-order valence-corrected chi connectivity index (χ0v) is 7.49. The van der Waals surface area contributed by atoms with Crippen molar-refractivity contribution in [3.8, 4) is 12.0 Å². The van der Waals surface area contributed by atoms with E-state index in [9.17, 15) is 4.79 Å². The molecule has 0 aliphatic heterocycles. The van der Waals surface area contributed by atoms with Crippen LogP contribution >= 0.6 is 0 Å². The molecule has 0 saturated heterocycles. The standard InChI is InChI=1S/C9H8OSi/c1-2-11-9(10)8-6-4-3-5-7-8/h1,3-7H,11H2. The van der Waals surface area contributed by atoms with Crippen LogP contribution < -0.4 is 0 Å². The van der Waals surface area contributed by atoms with Crippen molar-refractivity contribution >= 4 is 14.9 Å². The summed E-state index contributed by atoms with van der Waals surface area (Å²) in [6.07, 6.45) is 5.06. The first kappa shape index (κ1) is 7.77. The lowest BCUT2D eigenvalue weighted by Crippen LogP contribution is -2.06. The van der Waals surface area contributed by atoms with Crippen molar-refractivity contribution in [1.82, 2.24) is 0 Å². The second-order valence-corrected chi connectivity index (χ2v) is 3.57. The molecule has 0 saturated carbocycles. The predicted molar refractivity (Wildman–Crippen MR) is 48.1 cm³/mol. The van der Waals surface area contributed by atoms with Gasteiger partial charge in [0.2, 0.25) is 0 Å². The van der Waals surface area contributed by atoms with Crippen molar-refractivity contribution in [1.29, 1.82) is 0 Å². The summed E-state index contributed by atoms with van der Waals surface area (Å²) in [4.78, 5) is 11.2. The Morgan fingerprint density at radius 3 is 2.55 bits per heavy atom. The molecule has 0 N–H and O–H groups in total. The fourth-order valence-electron chi connectivity index (χ4n) is 0.819. The minimum Gasteiger partial charge on any atom is -0.300 e. The first-order chi connectivity index (χ1) is 5.34. The SMILES string of the molecule is C#C[SiH2]C(=O)c1ccccc1. The van der Waals surface area contributed by atoms with E-state index in [2.05, 4.69) is 5.54 Å². The number of hydrogen-bond acceptors (Lipinski definition) is 1. The first-order valence-electron chi connectivity index (χ1n) is 3.36. The molecule has 0 radical (unpaired) electrons. The van der Waals surface area contributed by atoms with E-state index >= 15 is 0 Å². The zero-order chi connectivity index (χ0) is 8.10. The summed E-state index contributed by atoms with van der Waals surface area (Å²) in [5.41, 5.74) is 3.20. The number of terminal acetylenes is 1. The Labute approximate surface area is 68.3 Å². The molecule has 0 amide bonds. The molecule has 1 aromatic rings. The van der Waals surface area contributed by atoms with Crippen molar-refractivity contribution in [2.75, 3.05) is 0 Å². The fraction of sp³-hybridized carbons (Fsp3) is 0. The van der Waals surface area contributed by atoms with Crippen LogP contribution in [0, 0.1) is 12.0 Å². The Morgan fingerprint density at radius 2 is 2.00 bits per heavy atom. The Hall–Kier alpha value is -1.33. The molecule has 0 bridgehead atoms. The molecule has 0 aromatic heterocycles. The lowest BCUT2D eigenvalue weighted by Gasteiger charge is -1.93. The van der Waals surface area contributed by atoms with Crippen molar-refractivity contribution in [2.45, 2.75) is 0 Å². The highest BCUT2D eigenvalue weighted by molar-refractivity contribution is 6.83. The van der Waals surface area contributed by atoms with Crippen molar-refractivity contribution < 1.29 is 4.79 Å². The molecule has 1 aromatic carbocycles. The Balaban J connectivity index is 2.79. The summed E-state index contributed by atoms with van der Waals surface area (Å²) in [5.74, 6) is 0. The Bertz CT molecular complexity index is 284. The molecular weight excluding hydrogens is 152 g/mol. The van der Waals surface area contributed by atoms with Gasteiger partial charge in [0, 0.05) is 5.56 Å². The summed E-state index contributed by atoms with van der Waals surface area (Å²) >= 11 is 0. The van der Waals surface area contributed by atoms with Gasteiger partial charge in [0.1, 0.15) is 5.41 Å². The molecule has 54 valence electrons. The first-order valence-corrected chi connectivity index (χ1v) is 4.77. The van der Waals surface area contributed by atoms with Crippen LogP contribution in [-0.2, 0) is 0 Å².